The first-order chi connectivity index (χ1) is 17.3. The van der Waals surface area contributed by atoms with Crippen molar-refractivity contribution in [2.45, 2.75) is 50.5 Å². The predicted octanol–water partition coefficient (Wildman–Crippen LogP) is 3.43. The van der Waals surface area contributed by atoms with E-state index in [9.17, 15) is 13.6 Å². The van der Waals surface area contributed by atoms with Crippen LogP contribution in [0.1, 0.15) is 37.8 Å². The zero-order chi connectivity index (χ0) is 26.0. The number of nitrogens with one attached hydrogen (secondary N) is 2. The Bertz CT molecular complexity index is 995. The molecule has 1 heterocycles. The van der Waals surface area contributed by atoms with E-state index >= 15 is 0 Å². The number of rotatable bonds is 14. The van der Waals surface area contributed by atoms with E-state index in [2.05, 4.69) is 36.6 Å². The largest absolute Gasteiger partial charge is 0.768 e. The predicted molar refractivity (Wildman–Crippen MR) is 140 cm³/mol. The van der Waals surface area contributed by atoms with Crippen molar-refractivity contribution in [2.24, 2.45) is 11.3 Å². The first-order valence-electron chi connectivity index (χ1n) is 12.5. The van der Waals surface area contributed by atoms with Crippen LogP contribution in [0.4, 0.5) is 10.5 Å². The molecule has 1 amide bonds. The van der Waals surface area contributed by atoms with Crippen molar-refractivity contribution in [3.63, 3.8) is 0 Å². The van der Waals surface area contributed by atoms with Crippen LogP contribution in [0.2, 0.25) is 0 Å². The smallest absolute Gasteiger partial charge is 0.407 e. The number of hydrogen-bond donors (Lipinski definition) is 3. The highest BCUT2D eigenvalue weighted by molar-refractivity contribution is 7.79. The lowest BCUT2D eigenvalue weighted by atomic mass is 9.84. The highest BCUT2D eigenvalue weighted by Gasteiger charge is 2.38. The summed E-state index contributed by atoms with van der Waals surface area (Å²) in [6.07, 6.45) is 2.55. The number of alkyl carbamates (subject to hydrolysis) is 1. The van der Waals surface area contributed by atoms with E-state index in [0.29, 0.717) is 56.3 Å². The molecule has 0 aliphatic carbocycles. The second kappa shape index (κ2) is 13.7. The minimum absolute atomic E-state index is 0.0497. The molecule has 0 aromatic heterocycles. The number of carbonyl (C=O) groups excluding carboxylic acids is 1. The molecule has 2 aromatic rings. The Hall–Kier alpha value is -2.46. The molecule has 0 bridgehead atoms. The molecule has 1 aliphatic heterocycles. The lowest BCUT2D eigenvalue weighted by Gasteiger charge is -2.40. The van der Waals surface area contributed by atoms with Crippen LogP contribution < -0.4 is 16.4 Å². The fourth-order valence-electron chi connectivity index (χ4n) is 4.32. The van der Waals surface area contributed by atoms with E-state index in [1.54, 1.807) is 18.2 Å². The maximum atomic E-state index is 12.5. The topological polar surface area (TPSA) is 126 Å². The third-order valence-electron chi connectivity index (χ3n) is 6.72. The Morgan fingerprint density at radius 1 is 1.22 bits per heavy atom. The lowest BCUT2D eigenvalue weighted by molar-refractivity contribution is -0.138. The van der Waals surface area contributed by atoms with Crippen LogP contribution in [-0.4, -0.2) is 53.8 Å². The van der Waals surface area contributed by atoms with Gasteiger partial charge in [0.05, 0.1) is 18.6 Å². The molecule has 2 aromatic carbocycles. The number of benzene rings is 2. The van der Waals surface area contributed by atoms with Gasteiger partial charge in [0, 0.05) is 16.6 Å². The number of amides is 1. The van der Waals surface area contributed by atoms with Crippen LogP contribution in [-0.2, 0) is 33.4 Å². The van der Waals surface area contributed by atoms with Crippen LogP contribution >= 0.6 is 0 Å². The Morgan fingerprint density at radius 3 is 2.61 bits per heavy atom. The van der Waals surface area contributed by atoms with Gasteiger partial charge in [0.1, 0.15) is 6.61 Å². The van der Waals surface area contributed by atoms with Crippen molar-refractivity contribution < 1.29 is 23.0 Å². The average Bonchev–Trinajstić information content (AvgIpc) is 2.82. The zero-order valence-electron chi connectivity index (χ0n) is 21.2. The second-order valence-corrected chi connectivity index (χ2v) is 10.8. The Balaban J connectivity index is 1.48. The number of nitrogen functional groups attached to an aromatic ring is 1. The maximum absolute atomic E-state index is 12.5. The summed E-state index contributed by atoms with van der Waals surface area (Å²) in [4.78, 5) is 12.8. The Kier molecular flexibility index (Phi) is 10.7. The van der Waals surface area contributed by atoms with Gasteiger partial charge in [-0.1, -0.05) is 44.2 Å². The van der Waals surface area contributed by atoms with Gasteiger partial charge in [-0.25, -0.2) is 4.79 Å². The standard InChI is InChI=1S/C27H39N3O5S/c1-3-27(17-34-18-27)19-35-26(31)30-24(14-21-7-5-4-6-8-21)11-12-29-16-20(2)13-22-15-23(28)9-10-25(22)36(32)33/h4-10,15,20,24,29H,3,11-14,16-19,28H2,1-2H3,(H,30,31)(H,32,33)/p-1. The highest BCUT2D eigenvalue weighted by Crippen LogP contribution is 2.31. The molecule has 9 heteroatoms. The van der Waals surface area contributed by atoms with E-state index < -0.39 is 17.2 Å². The summed E-state index contributed by atoms with van der Waals surface area (Å²) in [5, 5.41) is 6.49. The Labute approximate surface area is 216 Å². The van der Waals surface area contributed by atoms with Gasteiger partial charge >= 0.3 is 6.09 Å². The summed E-state index contributed by atoms with van der Waals surface area (Å²) in [7, 11) is 0. The van der Waals surface area contributed by atoms with E-state index in [0.717, 1.165) is 24.0 Å². The summed E-state index contributed by atoms with van der Waals surface area (Å²) in [6.45, 7) is 7.19. The molecule has 0 radical (unpaired) electrons. The van der Waals surface area contributed by atoms with E-state index in [4.69, 9.17) is 15.2 Å². The molecular formula is C27H38N3O5S-. The number of nitrogens with two attached hydrogens (primary N) is 1. The van der Waals surface area contributed by atoms with Gasteiger partial charge in [-0.2, -0.15) is 0 Å². The monoisotopic (exact) mass is 516 g/mol. The van der Waals surface area contributed by atoms with Crippen LogP contribution in [0.15, 0.2) is 53.4 Å². The van der Waals surface area contributed by atoms with Gasteiger partial charge in [-0.3, -0.25) is 4.21 Å². The first-order valence-corrected chi connectivity index (χ1v) is 13.6. The van der Waals surface area contributed by atoms with Crippen molar-refractivity contribution >= 4 is 22.9 Å². The minimum Gasteiger partial charge on any atom is -0.768 e. The quantitative estimate of drug-likeness (QED) is 0.199. The Morgan fingerprint density at radius 2 is 1.97 bits per heavy atom. The molecule has 3 rings (SSSR count). The molecular weight excluding hydrogens is 478 g/mol. The molecule has 0 spiro atoms. The fourth-order valence-corrected chi connectivity index (χ4v) is 4.86. The molecule has 0 saturated carbocycles. The molecule has 1 aliphatic rings. The molecule has 3 unspecified atom stereocenters. The van der Waals surface area contributed by atoms with Crippen LogP contribution in [0.25, 0.3) is 0 Å². The number of carbonyl (C=O) groups is 1. The summed E-state index contributed by atoms with van der Waals surface area (Å²) in [5.74, 6) is 0.203. The van der Waals surface area contributed by atoms with E-state index in [-0.39, 0.29) is 17.4 Å². The van der Waals surface area contributed by atoms with Crippen LogP contribution in [0.5, 0.6) is 0 Å². The molecule has 1 fully saturated rings. The van der Waals surface area contributed by atoms with Gasteiger partial charge in [-0.15, -0.1) is 0 Å². The number of hydrogen-bond acceptors (Lipinski definition) is 7. The number of ether oxygens (including phenoxy) is 2. The zero-order valence-corrected chi connectivity index (χ0v) is 22.0. The third kappa shape index (κ3) is 8.58. The van der Waals surface area contributed by atoms with Crippen molar-refractivity contribution in [2.75, 3.05) is 38.6 Å². The molecule has 36 heavy (non-hydrogen) atoms. The third-order valence-corrected chi connectivity index (χ3v) is 7.48. The van der Waals surface area contributed by atoms with Crippen molar-refractivity contribution in [1.29, 1.82) is 0 Å². The van der Waals surface area contributed by atoms with Gasteiger partial charge in [0.15, 0.2) is 0 Å². The SMILES string of the molecule is CCC1(COC(=O)NC(CCNCC(C)Cc2cc(N)ccc2S(=O)[O-])Cc2ccccc2)COC1. The molecule has 8 nitrogen and oxygen atoms in total. The van der Waals surface area contributed by atoms with Crippen LogP contribution in [0.3, 0.4) is 0 Å². The maximum Gasteiger partial charge on any atom is 0.407 e. The summed E-state index contributed by atoms with van der Waals surface area (Å²) in [6, 6.07) is 14.9. The molecule has 4 N–H and O–H groups in total. The van der Waals surface area contributed by atoms with Crippen LogP contribution in [0, 0.1) is 11.3 Å². The number of anilines is 1. The highest BCUT2D eigenvalue weighted by atomic mass is 32.2. The summed E-state index contributed by atoms with van der Waals surface area (Å²) < 4.78 is 33.9. The fraction of sp³-hybridized carbons (Fsp3) is 0.519. The van der Waals surface area contributed by atoms with E-state index in [1.165, 1.54) is 0 Å². The summed E-state index contributed by atoms with van der Waals surface area (Å²) in [5.41, 5.74) is 8.23. The van der Waals surface area contributed by atoms with Crippen molar-refractivity contribution in [3.8, 4) is 0 Å². The lowest BCUT2D eigenvalue weighted by Crippen LogP contribution is -2.48. The van der Waals surface area contributed by atoms with Gasteiger partial charge < -0.3 is 30.4 Å². The van der Waals surface area contributed by atoms with E-state index in [1.807, 2.05) is 18.2 Å². The molecule has 1 saturated heterocycles. The van der Waals surface area contributed by atoms with Gasteiger partial charge in [0.2, 0.25) is 0 Å². The molecule has 198 valence electrons. The van der Waals surface area contributed by atoms with Crippen molar-refractivity contribution in [3.05, 3.63) is 59.7 Å². The minimum atomic E-state index is -2.29. The molecule has 3 atom stereocenters. The van der Waals surface area contributed by atoms with Gasteiger partial charge in [0.25, 0.3) is 0 Å². The first kappa shape index (κ1) is 28.1. The van der Waals surface area contributed by atoms with Gasteiger partial charge in [-0.05, 0) is 85.1 Å². The summed E-state index contributed by atoms with van der Waals surface area (Å²) >= 11 is -2.29. The average molecular weight is 517 g/mol. The van der Waals surface area contributed by atoms with Crippen molar-refractivity contribution in [1.82, 2.24) is 10.6 Å². The normalized spacial score (nSPS) is 17.0. The second-order valence-electron chi connectivity index (χ2n) is 9.86.